The molecule has 50 heavy (non-hydrogen) atoms. The summed E-state index contributed by atoms with van der Waals surface area (Å²) in [5, 5.41) is 29.0. The van der Waals surface area contributed by atoms with Crippen LogP contribution in [0.3, 0.4) is 0 Å². The van der Waals surface area contributed by atoms with E-state index in [-0.39, 0.29) is 22.5 Å². The highest BCUT2D eigenvalue weighted by molar-refractivity contribution is 5.89. The SMILES string of the molecule is COc1ccc(-c2cc(/C=C/C3=C(C#N)C(=C(C#N)C#N)OC3(C)C)c(-c3cc(F)c(F)c(F)c3)cc2/C=C/c2ccc(N(C)C)cc2)cc1. The Labute approximate surface area is 289 Å². The minimum absolute atomic E-state index is 0.0139. The van der Waals surface area contributed by atoms with Crippen molar-refractivity contribution >= 4 is 23.9 Å². The Bertz CT molecular complexity index is 2190. The second-order valence-electron chi connectivity index (χ2n) is 12.1. The molecule has 0 spiro atoms. The fourth-order valence-corrected chi connectivity index (χ4v) is 5.62. The van der Waals surface area contributed by atoms with Crippen molar-refractivity contribution < 1.29 is 22.6 Å². The second-order valence-corrected chi connectivity index (χ2v) is 12.1. The van der Waals surface area contributed by atoms with Gasteiger partial charge in [-0.25, -0.2) is 13.2 Å². The van der Waals surface area contributed by atoms with E-state index in [4.69, 9.17) is 9.47 Å². The van der Waals surface area contributed by atoms with Gasteiger partial charge in [-0.1, -0.05) is 48.6 Å². The largest absolute Gasteiger partial charge is 0.497 e. The number of halogens is 3. The second kappa shape index (κ2) is 14.3. The van der Waals surface area contributed by atoms with Gasteiger partial charge in [0.05, 0.1) is 7.11 Å². The summed E-state index contributed by atoms with van der Waals surface area (Å²) in [5.74, 6) is -3.74. The van der Waals surface area contributed by atoms with Crippen LogP contribution in [0.2, 0.25) is 0 Å². The molecule has 0 amide bonds. The topological polar surface area (TPSA) is 93.1 Å². The lowest BCUT2D eigenvalue weighted by Crippen LogP contribution is -2.20. The summed E-state index contributed by atoms with van der Waals surface area (Å²) in [6.45, 7) is 3.38. The molecule has 0 bridgehead atoms. The molecule has 0 saturated carbocycles. The van der Waals surface area contributed by atoms with Crippen LogP contribution in [0.1, 0.15) is 30.5 Å². The lowest BCUT2D eigenvalue weighted by Gasteiger charge is -2.21. The predicted octanol–water partition coefficient (Wildman–Crippen LogP) is 9.63. The third-order valence-electron chi connectivity index (χ3n) is 8.28. The van der Waals surface area contributed by atoms with Crippen molar-refractivity contribution in [3.8, 4) is 46.2 Å². The van der Waals surface area contributed by atoms with Crippen molar-refractivity contribution in [2.45, 2.75) is 19.4 Å². The number of rotatable bonds is 8. The molecule has 0 radical (unpaired) electrons. The summed E-state index contributed by atoms with van der Waals surface area (Å²) in [6, 6.07) is 26.4. The van der Waals surface area contributed by atoms with Crippen LogP contribution in [0, 0.1) is 51.4 Å². The zero-order valence-corrected chi connectivity index (χ0v) is 28.0. The van der Waals surface area contributed by atoms with Crippen LogP contribution in [0.4, 0.5) is 18.9 Å². The Morgan fingerprint density at radius 3 is 1.84 bits per heavy atom. The van der Waals surface area contributed by atoms with Gasteiger partial charge in [-0.2, -0.15) is 15.8 Å². The van der Waals surface area contributed by atoms with Crippen LogP contribution < -0.4 is 9.64 Å². The Morgan fingerprint density at radius 1 is 0.760 bits per heavy atom. The monoisotopic (exact) mass is 668 g/mol. The molecule has 248 valence electrons. The first-order valence-electron chi connectivity index (χ1n) is 15.4. The molecule has 1 heterocycles. The molecule has 0 unspecified atom stereocenters. The van der Waals surface area contributed by atoms with Crippen molar-refractivity contribution in [2.24, 2.45) is 0 Å². The number of benzene rings is 4. The molecule has 0 atom stereocenters. The summed E-state index contributed by atoms with van der Waals surface area (Å²) in [5.41, 5.74) is 4.11. The van der Waals surface area contributed by atoms with Crippen molar-refractivity contribution in [3.63, 3.8) is 0 Å². The number of nitrogens with zero attached hydrogens (tertiary/aromatic N) is 4. The van der Waals surface area contributed by atoms with Gasteiger partial charge < -0.3 is 14.4 Å². The quantitative estimate of drug-likeness (QED) is 0.105. The minimum Gasteiger partial charge on any atom is -0.497 e. The Morgan fingerprint density at radius 2 is 1.32 bits per heavy atom. The molecule has 1 aliphatic heterocycles. The molecular formula is C41H31F3N4O2. The first kappa shape index (κ1) is 34.8. The number of methoxy groups -OCH3 is 1. The molecule has 1 aliphatic rings. The van der Waals surface area contributed by atoms with Crippen LogP contribution in [-0.2, 0) is 4.74 Å². The normalized spacial score (nSPS) is 13.6. The molecule has 0 aliphatic carbocycles. The number of hydrogen-bond acceptors (Lipinski definition) is 6. The van der Waals surface area contributed by atoms with E-state index in [0.717, 1.165) is 34.5 Å². The van der Waals surface area contributed by atoms with Crippen LogP contribution in [0.5, 0.6) is 5.75 Å². The van der Waals surface area contributed by atoms with E-state index in [0.29, 0.717) is 28.0 Å². The molecule has 0 saturated heterocycles. The third kappa shape index (κ3) is 7.02. The summed E-state index contributed by atoms with van der Waals surface area (Å²) >= 11 is 0. The van der Waals surface area contributed by atoms with Crippen molar-refractivity contribution in [3.05, 3.63) is 135 Å². The predicted molar refractivity (Wildman–Crippen MR) is 189 cm³/mol. The molecule has 4 aromatic rings. The summed E-state index contributed by atoms with van der Waals surface area (Å²) in [6.07, 6.45) is 7.09. The molecule has 9 heteroatoms. The lowest BCUT2D eigenvalue weighted by molar-refractivity contribution is 0.0954. The zero-order valence-electron chi connectivity index (χ0n) is 28.0. The van der Waals surface area contributed by atoms with Crippen molar-refractivity contribution in [1.82, 2.24) is 0 Å². The Hall–Kier alpha value is -6.50. The van der Waals surface area contributed by atoms with E-state index < -0.39 is 23.1 Å². The van der Waals surface area contributed by atoms with Crippen molar-refractivity contribution in [1.29, 1.82) is 15.8 Å². The fraction of sp³-hybridized carbons (Fsp3) is 0.146. The fourth-order valence-electron chi connectivity index (χ4n) is 5.62. The average Bonchev–Trinajstić information content (AvgIpc) is 3.37. The van der Waals surface area contributed by atoms with E-state index in [2.05, 4.69) is 6.07 Å². The van der Waals surface area contributed by atoms with Crippen LogP contribution in [0.15, 0.2) is 101 Å². The van der Waals surface area contributed by atoms with Gasteiger partial charge >= 0.3 is 0 Å². The van der Waals surface area contributed by atoms with Gasteiger partial charge in [-0.05, 0) is 101 Å². The van der Waals surface area contributed by atoms with Crippen LogP contribution in [-0.4, -0.2) is 26.8 Å². The van der Waals surface area contributed by atoms with Gasteiger partial charge in [0, 0.05) is 25.4 Å². The zero-order chi connectivity index (χ0) is 36.2. The number of ether oxygens (including phenoxy) is 2. The Balaban J connectivity index is 1.77. The van der Waals surface area contributed by atoms with E-state index in [1.54, 1.807) is 51.3 Å². The maximum atomic E-state index is 14.7. The van der Waals surface area contributed by atoms with E-state index in [1.165, 1.54) is 0 Å². The summed E-state index contributed by atoms with van der Waals surface area (Å²) in [7, 11) is 5.47. The van der Waals surface area contributed by atoms with Gasteiger partial charge in [-0.3, -0.25) is 0 Å². The molecule has 0 N–H and O–H groups in total. The highest BCUT2D eigenvalue weighted by Crippen LogP contribution is 2.42. The van der Waals surface area contributed by atoms with E-state index in [9.17, 15) is 29.0 Å². The van der Waals surface area contributed by atoms with Crippen LogP contribution >= 0.6 is 0 Å². The van der Waals surface area contributed by atoms with Gasteiger partial charge in [0.15, 0.2) is 28.8 Å². The van der Waals surface area contributed by atoms with E-state index in [1.807, 2.05) is 85.7 Å². The number of anilines is 1. The smallest absolute Gasteiger partial charge is 0.194 e. The summed E-state index contributed by atoms with van der Waals surface area (Å²) in [4.78, 5) is 1.99. The maximum absolute atomic E-state index is 14.7. The highest BCUT2D eigenvalue weighted by Gasteiger charge is 2.38. The Kier molecular flexibility index (Phi) is 9.97. The standard InChI is InChI=1S/C41H31F3N4O2/c1-41(2)36(35(24-47)40(50-41)30(22-45)23-46)17-12-28-18-33(26-10-15-32(49-5)16-11-26)27(9-6-25-7-13-31(14-8-25)48(3)4)19-34(28)29-20-37(42)39(44)38(43)21-29/h6-21H,1-5H3/b9-6+,17-12+. The minimum atomic E-state index is -1.58. The molecule has 4 aromatic carbocycles. The van der Waals surface area contributed by atoms with Crippen LogP contribution in [0.25, 0.3) is 40.5 Å². The van der Waals surface area contributed by atoms with Gasteiger partial charge in [0.25, 0.3) is 0 Å². The highest BCUT2D eigenvalue weighted by atomic mass is 19.2. The number of allylic oxidation sites excluding steroid dienone is 2. The molecule has 5 rings (SSSR count). The van der Waals surface area contributed by atoms with Crippen molar-refractivity contribution in [2.75, 3.05) is 26.1 Å². The molecule has 0 aromatic heterocycles. The summed E-state index contributed by atoms with van der Waals surface area (Å²) < 4.78 is 54.7. The first-order chi connectivity index (χ1) is 23.9. The van der Waals surface area contributed by atoms with Gasteiger partial charge in [0.1, 0.15) is 35.1 Å². The number of hydrogen-bond donors (Lipinski definition) is 0. The molecule has 6 nitrogen and oxygen atoms in total. The maximum Gasteiger partial charge on any atom is 0.194 e. The van der Waals surface area contributed by atoms with Gasteiger partial charge in [0.2, 0.25) is 0 Å². The average molecular weight is 669 g/mol. The van der Waals surface area contributed by atoms with E-state index >= 15 is 0 Å². The third-order valence-corrected chi connectivity index (χ3v) is 8.28. The first-order valence-corrected chi connectivity index (χ1v) is 15.4. The number of nitriles is 3. The van der Waals surface area contributed by atoms with Gasteiger partial charge in [-0.15, -0.1) is 0 Å². The molecular weight excluding hydrogens is 637 g/mol. The lowest BCUT2D eigenvalue weighted by atomic mass is 9.88. The molecule has 0 fully saturated rings.